The Morgan fingerprint density at radius 1 is 0.474 bits per heavy atom. The first kappa shape index (κ1) is 28.6. The van der Waals surface area contributed by atoms with Crippen LogP contribution in [0, 0.1) is 13.8 Å². The fourth-order valence-corrected chi connectivity index (χ4v) is 5.29. The van der Waals surface area contributed by atoms with E-state index in [-0.39, 0.29) is 22.3 Å². The van der Waals surface area contributed by atoms with Crippen molar-refractivity contribution >= 4 is 0 Å². The molecule has 0 fully saturated rings. The van der Waals surface area contributed by atoms with Gasteiger partial charge < -0.3 is 20.4 Å². The highest BCUT2D eigenvalue weighted by molar-refractivity contribution is 5.49. The largest absolute Gasteiger partial charge is 0.508 e. The van der Waals surface area contributed by atoms with Gasteiger partial charge in [0, 0.05) is 10.8 Å². The van der Waals surface area contributed by atoms with Gasteiger partial charge in [-0.2, -0.15) is 0 Å². The van der Waals surface area contributed by atoms with Gasteiger partial charge in [-0.1, -0.05) is 64.1 Å². The van der Waals surface area contributed by atoms with Crippen LogP contribution >= 0.6 is 0 Å². The molecule has 0 aliphatic carbocycles. The van der Waals surface area contributed by atoms with E-state index in [1.165, 1.54) is 11.1 Å². The molecule has 0 saturated heterocycles. The molecule has 0 radical (unpaired) electrons. The van der Waals surface area contributed by atoms with Crippen molar-refractivity contribution in [3.63, 3.8) is 0 Å². The molecule has 0 unspecified atom stereocenters. The molecular formula is C34H40O4. The Morgan fingerprint density at radius 3 is 1.08 bits per heavy atom. The Kier molecular flexibility index (Phi) is 8.78. The number of benzene rings is 4. The molecule has 0 aliphatic rings. The maximum absolute atomic E-state index is 9.60. The minimum atomic E-state index is -0.129. The molecule has 38 heavy (non-hydrogen) atoms. The smallest absolute Gasteiger partial charge is 0.115 e. The van der Waals surface area contributed by atoms with Gasteiger partial charge in [0.05, 0.1) is 0 Å². The zero-order chi connectivity index (χ0) is 28.1. The number of phenols is 4. The summed E-state index contributed by atoms with van der Waals surface area (Å²) >= 11 is 0. The number of hydrogen-bond donors (Lipinski definition) is 4. The predicted molar refractivity (Wildman–Crippen MR) is 155 cm³/mol. The lowest BCUT2D eigenvalue weighted by molar-refractivity contribution is 0.470. The summed E-state index contributed by atoms with van der Waals surface area (Å²) in [6.07, 6.45) is 1.90. The van der Waals surface area contributed by atoms with Crippen molar-refractivity contribution in [2.75, 3.05) is 0 Å². The third-order valence-electron chi connectivity index (χ3n) is 8.03. The van der Waals surface area contributed by atoms with E-state index in [0.29, 0.717) is 11.5 Å². The van der Waals surface area contributed by atoms with Crippen LogP contribution in [0.5, 0.6) is 23.0 Å². The Morgan fingerprint density at radius 2 is 0.789 bits per heavy atom. The van der Waals surface area contributed by atoms with Crippen molar-refractivity contribution in [2.45, 2.75) is 65.2 Å². The number of aromatic hydroxyl groups is 4. The molecule has 4 aromatic carbocycles. The lowest BCUT2D eigenvalue weighted by atomic mass is 9.71. The van der Waals surface area contributed by atoms with Gasteiger partial charge in [-0.3, -0.25) is 0 Å². The summed E-state index contributed by atoms with van der Waals surface area (Å²) in [5.41, 5.74) is 6.68. The summed E-state index contributed by atoms with van der Waals surface area (Å²) in [6, 6.07) is 25.7. The van der Waals surface area contributed by atoms with Crippen molar-refractivity contribution in [1.29, 1.82) is 0 Å². The molecule has 0 heterocycles. The summed E-state index contributed by atoms with van der Waals surface area (Å²) in [5, 5.41) is 37.9. The molecule has 0 saturated carbocycles. The molecule has 4 nitrogen and oxygen atoms in total. The van der Waals surface area contributed by atoms with Crippen LogP contribution in [0.15, 0.2) is 84.9 Å². The molecule has 0 aliphatic heterocycles. The third kappa shape index (κ3) is 5.96. The van der Waals surface area contributed by atoms with Gasteiger partial charge in [0.25, 0.3) is 0 Å². The molecular weight excluding hydrogens is 472 g/mol. The molecule has 0 amide bonds. The summed E-state index contributed by atoms with van der Waals surface area (Å²) in [7, 11) is 0. The maximum Gasteiger partial charge on any atom is 0.115 e. The summed E-state index contributed by atoms with van der Waals surface area (Å²) in [6.45, 7) is 12.7. The minimum absolute atomic E-state index is 0.110. The number of aryl methyl sites for hydroxylation is 2. The first-order valence-electron chi connectivity index (χ1n) is 13.1. The molecule has 4 aromatic rings. The van der Waals surface area contributed by atoms with Crippen LogP contribution in [0.1, 0.15) is 73.9 Å². The van der Waals surface area contributed by atoms with Gasteiger partial charge in [0.2, 0.25) is 0 Å². The van der Waals surface area contributed by atoms with Crippen LogP contribution < -0.4 is 0 Å². The minimum Gasteiger partial charge on any atom is -0.508 e. The highest BCUT2D eigenvalue weighted by Gasteiger charge is 2.30. The fraction of sp³-hybridized carbons (Fsp3) is 0.294. The van der Waals surface area contributed by atoms with Gasteiger partial charge in [-0.05, 0) is 109 Å². The Hall–Kier alpha value is -3.92. The second-order valence-corrected chi connectivity index (χ2v) is 10.5. The van der Waals surface area contributed by atoms with E-state index in [1.807, 2.05) is 50.2 Å². The molecule has 0 atom stereocenters. The van der Waals surface area contributed by atoms with Gasteiger partial charge in [0.15, 0.2) is 0 Å². The van der Waals surface area contributed by atoms with Gasteiger partial charge in [-0.25, -0.2) is 0 Å². The van der Waals surface area contributed by atoms with Crippen molar-refractivity contribution in [1.82, 2.24) is 0 Å². The Bertz CT molecular complexity index is 1260. The highest BCUT2D eigenvalue weighted by atomic mass is 16.3. The maximum atomic E-state index is 9.60. The standard InChI is InChI=1S/C18H22O2.C16H18O2/c1-5-18(4,16-8-6-14(19)10-12(16)2)17-9-7-15(20)11-13(17)3;1-3-16(2,12-4-8-14(17)9-5-12)13-6-10-15(18)11-7-13/h6-11,19-20H,5H2,1-4H3;4-11,17-18H,3H2,1-2H3. The second-order valence-electron chi connectivity index (χ2n) is 10.5. The zero-order valence-corrected chi connectivity index (χ0v) is 23.3. The average Bonchev–Trinajstić information content (AvgIpc) is 2.89. The predicted octanol–water partition coefficient (Wildman–Crippen LogP) is 8.24. The van der Waals surface area contributed by atoms with Gasteiger partial charge >= 0.3 is 0 Å². The zero-order valence-electron chi connectivity index (χ0n) is 23.3. The molecule has 0 spiro atoms. The molecule has 4 rings (SSSR count). The molecule has 0 aromatic heterocycles. The Balaban J connectivity index is 0.000000212. The lowest BCUT2D eigenvalue weighted by Crippen LogP contribution is -2.24. The number of phenolic OH excluding ortho intramolecular Hbond substituents is 4. The van der Waals surface area contributed by atoms with Crippen LogP contribution in [0.3, 0.4) is 0 Å². The van der Waals surface area contributed by atoms with Crippen molar-refractivity contribution in [3.05, 3.63) is 118 Å². The lowest BCUT2D eigenvalue weighted by Gasteiger charge is -2.33. The fourth-order valence-electron chi connectivity index (χ4n) is 5.29. The number of rotatable bonds is 6. The first-order chi connectivity index (χ1) is 17.9. The van der Waals surface area contributed by atoms with E-state index in [2.05, 4.69) is 27.7 Å². The van der Waals surface area contributed by atoms with Crippen molar-refractivity contribution in [2.24, 2.45) is 0 Å². The summed E-state index contributed by atoms with van der Waals surface area (Å²) in [4.78, 5) is 0. The van der Waals surface area contributed by atoms with Crippen LogP contribution in [0.25, 0.3) is 0 Å². The van der Waals surface area contributed by atoms with Crippen LogP contribution in [0.4, 0.5) is 0 Å². The number of hydrogen-bond acceptors (Lipinski definition) is 4. The van der Waals surface area contributed by atoms with E-state index in [1.54, 1.807) is 48.5 Å². The van der Waals surface area contributed by atoms with E-state index < -0.39 is 0 Å². The van der Waals surface area contributed by atoms with Gasteiger partial charge in [-0.15, -0.1) is 0 Å². The molecule has 200 valence electrons. The quantitative estimate of drug-likeness (QED) is 0.210. The summed E-state index contributed by atoms with van der Waals surface area (Å²) < 4.78 is 0. The van der Waals surface area contributed by atoms with E-state index in [0.717, 1.165) is 35.1 Å². The normalized spacial score (nSPS) is 11.5. The highest BCUT2D eigenvalue weighted by Crippen LogP contribution is 2.40. The Labute approximate surface area is 226 Å². The van der Waals surface area contributed by atoms with Gasteiger partial charge in [0.1, 0.15) is 23.0 Å². The van der Waals surface area contributed by atoms with Crippen LogP contribution in [-0.2, 0) is 10.8 Å². The molecule has 4 N–H and O–H groups in total. The van der Waals surface area contributed by atoms with E-state index >= 15 is 0 Å². The SMILES string of the molecule is CCC(C)(c1ccc(O)cc1)c1ccc(O)cc1.CCC(C)(c1ccc(O)cc1C)c1ccc(O)cc1C. The third-order valence-corrected chi connectivity index (χ3v) is 8.03. The van der Waals surface area contributed by atoms with Crippen LogP contribution in [-0.4, -0.2) is 20.4 Å². The van der Waals surface area contributed by atoms with Crippen molar-refractivity contribution in [3.8, 4) is 23.0 Å². The van der Waals surface area contributed by atoms with E-state index in [4.69, 9.17) is 0 Å². The average molecular weight is 513 g/mol. The molecule has 0 bridgehead atoms. The second kappa shape index (κ2) is 11.6. The monoisotopic (exact) mass is 512 g/mol. The van der Waals surface area contributed by atoms with Crippen molar-refractivity contribution < 1.29 is 20.4 Å². The molecule has 4 heteroatoms. The summed E-state index contributed by atoms with van der Waals surface area (Å²) in [5.74, 6) is 1.16. The first-order valence-corrected chi connectivity index (χ1v) is 13.1. The van der Waals surface area contributed by atoms with Crippen LogP contribution in [0.2, 0.25) is 0 Å². The van der Waals surface area contributed by atoms with E-state index in [9.17, 15) is 20.4 Å². The topological polar surface area (TPSA) is 80.9 Å².